The number of anilines is 2. The van der Waals surface area contributed by atoms with Gasteiger partial charge in [0.2, 0.25) is 5.91 Å². The van der Waals surface area contributed by atoms with Crippen LogP contribution in [0.25, 0.3) is 0 Å². The molecule has 0 bridgehead atoms. The molecule has 0 aliphatic rings. The highest BCUT2D eigenvalue weighted by atomic mass is 19.1. The standard InChI is InChI=1S/C18H14F2N4O/c19-15-7-6-14(10-13(15)11-22)23-12-18(25)24(9-3-8-21)17-5-2-1-4-16(17)20/h1-2,4-7,10,23H,3,9,12H2. The number of amides is 1. The number of hydrogen-bond donors (Lipinski definition) is 1. The molecule has 1 N–H and O–H groups in total. The van der Waals surface area contributed by atoms with E-state index in [2.05, 4.69) is 5.32 Å². The maximum absolute atomic E-state index is 14.0. The predicted molar refractivity (Wildman–Crippen MR) is 88.6 cm³/mol. The molecule has 0 heterocycles. The molecule has 0 fully saturated rings. The quantitative estimate of drug-likeness (QED) is 0.876. The highest BCUT2D eigenvalue weighted by Gasteiger charge is 2.18. The maximum atomic E-state index is 14.0. The van der Waals surface area contributed by atoms with Crippen LogP contribution in [0.4, 0.5) is 20.2 Å². The number of carbonyl (C=O) groups excluding carboxylic acids is 1. The van der Waals surface area contributed by atoms with Gasteiger partial charge in [-0.05, 0) is 30.3 Å². The normalized spacial score (nSPS) is 9.76. The van der Waals surface area contributed by atoms with Crippen LogP contribution in [-0.4, -0.2) is 19.0 Å². The van der Waals surface area contributed by atoms with Crippen LogP contribution in [-0.2, 0) is 4.79 Å². The van der Waals surface area contributed by atoms with E-state index in [1.807, 2.05) is 6.07 Å². The van der Waals surface area contributed by atoms with Crippen molar-refractivity contribution in [3.05, 3.63) is 59.7 Å². The van der Waals surface area contributed by atoms with Crippen molar-refractivity contribution < 1.29 is 13.6 Å². The number of para-hydroxylation sites is 1. The zero-order chi connectivity index (χ0) is 18.2. The third-order valence-corrected chi connectivity index (χ3v) is 3.42. The molecule has 0 saturated heterocycles. The van der Waals surface area contributed by atoms with Gasteiger partial charge in [-0.1, -0.05) is 12.1 Å². The number of nitrogens with zero attached hydrogens (tertiary/aromatic N) is 3. The van der Waals surface area contributed by atoms with Crippen LogP contribution in [0.2, 0.25) is 0 Å². The second kappa shape index (κ2) is 8.42. The summed E-state index contributed by atoms with van der Waals surface area (Å²) in [4.78, 5) is 13.6. The maximum Gasteiger partial charge on any atom is 0.246 e. The van der Waals surface area contributed by atoms with E-state index in [1.54, 1.807) is 12.1 Å². The van der Waals surface area contributed by atoms with E-state index >= 15 is 0 Å². The van der Waals surface area contributed by atoms with Crippen molar-refractivity contribution in [3.8, 4) is 12.1 Å². The van der Waals surface area contributed by atoms with Gasteiger partial charge >= 0.3 is 0 Å². The first-order chi connectivity index (χ1) is 12.1. The average molecular weight is 340 g/mol. The van der Waals surface area contributed by atoms with Gasteiger partial charge in [-0.3, -0.25) is 4.79 Å². The fraction of sp³-hybridized carbons (Fsp3) is 0.167. The Morgan fingerprint density at radius 2 is 1.88 bits per heavy atom. The van der Waals surface area contributed by atoms with Crippen LogP contribution < -0.4 is 10.2 Å². The largest absolute Gasteiger partial charge is 0.376 e. The first-order valence-electron chi connectivity index (χ1n) is 7.42. The molecule has 126 valence electrons. The highest BCUT2D eigenvalue weighted by molar-refractivity contribution is 5.96. The number of halogens is 2. The monoisotopic (exact) mass is 340 g/mol. The first-order valence-corrected chi connectivity index (χ1v) is 7.42. The summed E-state index contributed by atoms with van der Waals surface area (Å²) < 4.78 is 27.3. The van der Waals surface area contributed by atoms with E-state index in [1.165, 1.54) is 35.2 Å². The summed E-state index contributed by atoms with van der Waals surface area (Å²) in [5.74, 6) is -1.67. The Morgan fingerprint density at radius 3 is 2.56 bits per heavy atom. The van der Waals surface area contributed by atoms with Gasteiger partial charge < -0.3 is 10.2 Å². The summed E-state index contributed by atoms with van der Waals surface area (Å²) in [5.41, 5.74) is 0.328. The van der Waals surface area contributed by atoms with E-state index in [0.717, 1.165) is 6.07 Å². The second-order valence-corrected chi connectivity index (χ2v) is 5.06. The zero-order valence-corrected chi connectivity index (χ0v) is 13.2. The van der Waals surface area contributed by atoms with Crippen LogP contribution in [0.15, 0.2) is 42.5 Å². The third kappa shape index (κ3) is 4.52. The highest BCUT2D eigenvalue weighted by Crippen LogP contribution is 2.20. The molecule has 0 aliphatic carbocycles. The summed E-state index contributed by atoms with van der Waals surface area (Å²) in [6, 6.07) is 13.2. The SMILES string of the molecule is N#CCCN(C(=O)CNc1ccc(F)c(C#N)c1)c1ccccc1F. The fourth-order valence-corrected chi connectivity index (χ4v) is 2.21. The van der Waals surface area contributed by atoms with Crippen LogP contribution in [0, 0.1) is 34.3 Å². The van der Waals surface area contributed by atoms with Gasteiger partial charge in [0.05, 0.1) is 30.3 Å². The minimum absolute atomic E-state index is 0.0464. The van der Waals surface area contributed by atoms with Gasteiger partial charge in [-0.15, -0.1) is 0 Å². The molecule has 0 aromatic heterocycles. The lowest BCUT2D eigenvalue weighted by molar-refractivity contribution is -0.117. The lowest BCUT2D eigenvalue weighted by atomic mass is 10.2. The number of nitriles is 2. The molecular weight excluding hydrogens is 326 g/mol. The first kappa shape index (κ1) is 17.9. The van der Waals surface area contributed by atoms with Gasteiger partial charge in [0.25, 0.3) is 0 Å². The Kier molecular flexibility index (Phi) is 6.02. The van der Waals surface area contributed by atoms with Gasteiger partial charge in [0.15, 0.2) is 0 Å². The van der Waals surface area contributed by atoms with Gasteiger partial charge in [0.1, 0.15) is 17.7 Å². The molecule has 2 aromatic rings. The lowest BCUT2D eigenvalue weighted by Gasteiger charge is -2.22. The van der Waals surface area contributed by atoms with Crippen molar-refractivity contribution in [3.63, 3.8) is 0 Å². The molecule has 2 aromatic carbocycles. The molecule has 0 radical (unpaired) electrons. The van der Waals surface area contributed by atoms with Crippen molar-refractivity contribution in [2.45, 2.75) is 6.42 Å². The van der Waals surface area contributed by atoms with Crippen molar-refractivity contribution in [1.29, 1.82) is 10.5 Å². The summed E-state index contributed by atoms with van der Waals surface area (Å²) >= 11 is 0. The summed E-state index contributed by atoms with van der Waals surface area (Å²) in [6.07, 6.45) is 0.0508. The van der Waals surface area contributed by atoms with Crippen molar-refractivity contribution >= 4 is 17.3 Å². The van der Waals surface area contributed by atoms with Gasteiger partial charge in [-0.25, -0.2) is 8.78 Å². The van der Waals surface area contributed by atoms with Crippen molar-refractivity contribution in [2.75, 3.05) is 23.3 Å². The average Bonchev–Trinajstić information content (AvgIpc) is 2.62. The van der Waals surface area contributed by atoms with E-state index in [4.69, 9.17) is 10.5 Å². The summed E-state index contributed by atoms with van der Waals surface area (Å²) in [5, 5.41) is 20.3. The topological polar surface area (TPSA) is 79.9 Å². The second-order valence-electron chi connectivity index (χ2n) is 5.06. The molecule has 5 nitrogen and oxygen atoms in total. The molecule has 0 aliphatic heterocycles. The van der Waals surface area contributed by atoms with Crippen molar-refractivity contribution in [1.82, 2.24) is 0 Å². The Morgan fingerprint density at radius 1 is 1.12 bits per heavy atom. The predicted octanol–water partition coefficient (Wildman–Crippen LogP) is 3.20. The minimum Gasteiger partial charge on any atom is -0.376 e. The molecule has 0 saturated carbocycles. The molecule has 1 amide bonds. The van der Waals surface area contributed by atoms with E-state index in [0.29, 0.717) is 5.69 Å². The minimum atomic E-state index is -0.652. The molecule has 0 spiro atoms. The number of rotatable bonds is 6. The number of nitrogens with one attached hydrogen (secondary N) is 1. The lowest BCUT2D eigenvalue weighted by Crippen LogP contribution is -2.37. The molecule has 0 unspecified atom stereocenters. The fourth-order valence-electron chi connectivity index (χ4n) is 2.21. The third-order valence-electron chi connectivity index (χ3n) is 3.42. The van der Waals surface area contributed by atoms with E-state index in [9.17, 15) is 13.6 Å². The van der Waals surface area contributed by atoms with Crippen LogP contribution >= 0.6 is 0 Å². The summed E-state index contributed by atoms with van der Waals surface area (Å²) in [6.45, 7) is -0.152. The Hall–Kier alpha value is -3.45. The number of carbonyl (C=O) groups is 1. The summed E-state index contributed by atoms with van der Waals surface area (Å²) in [7, 11) is 0. The molecule has 25 heavy (non-hydrogen) atoms. The van der Waals surface area contributed by atoms with Crippen LogP contribution in [0.3, 0.4) is 0 Å². The Labute approximate surface area is 143 Å². The smallest absolute Gasteiger partial charge is 0.246 e. The molecule has 2 rings (SSSR count). The van der Waals surface area contributed by atoms with Gasteiger partial charge in [-0.2, -0.15) is 10.5 Å². The van der Waals surface area contributed by atoms with Crippen LogP contribution in [0.1, 0.15) is 12.0 Å². The van der Waals surface area contributed by atoms with E-state index < -0.39 is 17.5 Å². The Bertz CT molecular complexity index is 855. The van der Waals surface area contributed by atoms with E-state index in [-0.39, 0.29) is 30.8 Å². The number of benzene rings is 2. The van der Waals surface area contributed by atoms with Crippen LogP contribution in [0.5, 0.6) is 0 Å². The Balaban J connectivity index is 2.14. The zero-order valence-electron chi connectivity index (χ0n) is 13.2. The van der Waals surface area contributed by atoms with Crippen molar-refractivity contribution in [2.24, 2.45) is 0 Å². The van der Waals surface area contributed by atoms with Gasteiger partial charge in [0, 0.05) is 12.2 Å². The molecular formula is C18H14F2N4O. The molecule has 7 heteroatoms. The number of hydrogen-bond acceptors (Lipinski definition) is 4. The molecule has 0 atom stereocenters.